The van der Waals surface area contributed by atoms with E-state index in [1.807, 2.05) is 24.4 Å². The van der Waals surface area contributed by atoms with Gasteiger partial charge in [-0.1, -0.05) is 30.3 Å². The molecule has 0 spiro atoms. The van der Waals surface area contributed by atoms with Crippen LogP contribution in [0.15, 0.2) is 48.7 Å². The van der Waals surface area contributed by atoms with Crippen LogP contribution in [-0.2, 0) is 4.74 Å². The van der Waals surface area contributed by atoms with Crippen LogP contribution in [0, 0.1) is 11.5 Å². The van der Waals surface area contributed by atoms with Crippen molar-refractivity contribution in [3.63, 3.8) is 0 Å². The van der Waals surface area contributed by atoms with Crippen molar-refractivity contribution < 1.29 is 4.74 Å². The largest absolute Gasteiger partial charge is 0.372 e. The van der Waals surface area contributed by atoms with Gasteiger partial charge in [-0.3, -0.25) is 0 Å². The molecule has 0 amide bonds. The van der Waals surface area contributed by atoms with Gasteiger partial charge in [0.15, 0.2) is 6.19 Å². The van der Waals surface area contributed by atoms with Crippen LogP contribution in [-0.4, -0.2) is 48.3 Å². The van der Waals surface area contributed by atoms with Gasteiger partial charge in [0.25, 0.3) is 0 Å². The van der Waals surface area contributed by atoms with Gasteiger partial charge in [-0.2, -0.15) is 5.26 Å². The van der Waals surface area contributed by atoms with Gasteiger partial charge in [-0.05, 0) is 17.7 Å². The highest BCUT2D eigenvalue weighted by molar-refractivity contribution is 5.63. The number of rotatable bonds is 2. The van der Waals surface area contributed by atoms with Crippen molar-refractivity contribution in [1.82, 2.24) is 9.88 Å². The van der Waals surface area contributed by atoms with Gasteiger partial charge in [0.05, 0.1) is 31.8 Å². The zero-order valence-electron chi connectivity index (χ0n) is 12.8. The molecule has 2 atom stereocenters. The molecule has 2 saturated heterocycles. The number of pyridine rings is 1. The summed E-state index contributed by atoms with van der Waals surface area (Å²) in [5.74, 6) is 0.961. The Kier molecular flexibility index (Phi) is 3.60. The Bertz CT molecular complexity index is 710. The molecule has 116 valence electrons. The molecule has 23 heavy (non-hydrogen) atoms. The lowest BCUT2D eigenvalue weighted by atomic mass is 10.1. The zero-order valence-corrected chi connectivity index (χ0v) is 12.8. The number of nitriles is 1. The van der Waals surface area contributed by atoms with Crippen LogP contribution in [0.2, 0.25) is 0 Å². The molecular weight excluding hydrogens is 288 g/mol. The molecule has 2 fully saturated rings. The molecule has 0 bridgehead atoms. The third-order valence-electron chi connectivity index (χ3n) is 4.59. The summed E-state index contributed by atoms with van der Waals surface area (Å²) in [7, 11) is 0. The van der Waals surface area contributed by atoms with Crippen LogP contribution in [0.1, 0.15) is 0 Å². The Balaban J connectivity index is 1.57. The molecule has 1 aromatic heterocycles. The molecule has 1 aromatic carbocycles. The van der Waals surface area contributed by atoms with Crippen LogP contribution in [0.5, 0.6) is 0 Å². The number of fused-ring (bicyclic) bond motifs is 1. The summed E-state index contributed by atoms with van der Waals surface area (Å²) in [5, 5.41) is 9.12. The van der Waals surface area contributed by atoms with E-state index in [-0.39, 0.29) is 12.1 Å². The van der Waals surface area contributed by atoms with Crippen molar-refractivity contribution >= 4 is 5.82 Å². The Morgan fingerprint density at radius 1 is 1.09 bits per heavy atom. The number of hydrogen-bond donors (Lipinski definition) is 0. The minimum absolute atomic E-state index is 0.0963. The second kappa shape index (κ2) is 5.90. The Morgan fingerprint density at radius 2 is 1.96 bits per heavy atom. The van der Waals surface area contributed by atoms with Crippen molar-refractivity contribution in [1.29, 1.82) is 5.26 Å². The fourth-order valence-corrected chi connectivity index (χ4v) is 3.41. The van der Waals surface area contributed by atoms with Crippen LogP contribution in [0.3, 0.4) is 0 Å². The summed E-state index contributed by atoms with van der Waals surface area (Å²) < 4.78 is 5.82. The number of benzene rings is 1. The minimum atomic E-state index is 0.0963. The molecule has 2 aromatic rings. The lowest BCUT2D eigenvalue weighted by Crippen LogP contribution is -2.51. The van der Waals surface area contributed by atoms with Gasteiger partial charge in [0.2, 0.25) is 0 Å². The van der Waals surface area contributed by atoms with Gasteiger partial charge in [0.1, 0.15) is 5.82 Å². The van der Waals surface area contributed by atoms with Crippen molar-refractivity contribution in [3.8, 4) is 17.3 Å². The van der Waals surface area contributed by atoms with E-state index in [4.69, 9.17) is 10.00 Å². The summed E-state index contributed by atoms with van der Waals surface area (Å²) in [4.78, 5) is 8.71. The lowest BCUT2D eigenvalue weighted by molar-refractivity contribution is 0.0323. The number of ether oxygens (including phenoxy) is 1. The van der Waals surface area contributed by atoms with Gasteiger partial charge in [-0.25, -0.2) is 4.98 Å². The summed E-state index contributed by atoms with van der Waals surface area (Å²) in [5.41, 5.74) is 2.28. The molecule has 4 rings (SSSR count). The highest BCUT2D eigenvalue weighted by atomic mass is 16.5. The summed E-state index contributed by atoms with van der Waals surface area (Å²) in [6.07, 6.45) is 4.25. The van der Waals surface area contributed by atoms with E-state index in [9.17, 15) is 0 Å². The zero-order chi connectivity index (χ0) is 15.6. The van der Waals surface area contributed by atoms with Gasteiger partial charge < -0.3 is 14.5 Å². The predicted molar refractivity (Wildman–Crippen MR) is 87.7 cm³/mol. The molecular formula is C18H18N4O. The quantitative estimate of drug-likeness (QED) is 0.796. The highest BCUT2D eigenvalue weighted by Crippen LogP contribution is 2.28. The number of likely N-dealkylation sites (tertiary alicyclic amines) is 1. The smallest absolute Gasteiger partial charge is 0.179 e. The average molecular weight is 306 g/mol. The average Bonchev–Trinajstić information content (AvgIpc) is 3.06. The fourth-order valence-electron chi connectivity index (χ4n) is 3.41. The van der Waals surface area contributed by atoms with E-state index < -0.39 is 0 Å². The Hall–Kier alpha value is -2.58. The fraction of sp³-hybridized carbons (Fsp3) is 0.333. The number of morpholine rings is 1. The van der Waals surface area contributed by atoms with Crippen LogP contribution >= 0.6 is 0 Å². The summed E-state index contributed by atoms with van der Waals surface area (Å²) in [6.45, 7) is 2.89. The van der Waals surface area contributed by atoms with Crippen LogP contribution < -0.4 is 4.90 Å². The Labute approximate surface area is 135 Å². The lowest BCUT2D eigenvalue weighted by Gasteiger charge is -2.37. The first-order valence-corrected chi connectivity index (χ1v) is 7.89. The number of aromatic nitrogens is 1. The predicted octanol–water partition coefficient (Wildman–Crippen LogP) is 2.12. The topological polar surface area (TPSA) is 52.4 Å². The maximum absolute atomic E-state index is 9.12. The summed E-state index contributed by atoms with van der Waals surface area (Å²) >= 11 is 0. The Morgan fingerprint density at radius 3 is 2.70 bits per heavy atom. The van der Waals surface area contributed by atoms with E-state index in [1.165, 1.54) is 5.56 Å². The van der Waals surface area contributed by atoms with Crippen LogP contribution in [0.25, 0.3) is 11.1 Å². The van der Waals surface area contributed by atoms with E-state index in [0.717, 1.165) is 17.9 Å². The molecule has 5 nitrogen and oxygen atoms in total. The van der Waals surface area contributed by atoms with E-state index >= 15 is 0 Å². The molecule has 0 N–H and O–H groups in total. The summed E-state index contributed by atoms with van der Waals surface area (Å²) in [6, 6.07) is 14.6. The molecule has 0 aliphatic carbocycles. The molecule has 3 heterocycles. The van der Waals surface area contributed by atoms with Crippen molar-refractivity contribution in [3.05, 3.63) is 48.7 Å². The van der Waals surface area contributed by atoms with Gasteiger partial charge in [0, 0.05) is 18.3 Å². The first kappa shape index (κ1) is 14.0. The van der Waals surface area contributed by atoms with Crippen molar-refractivity contribution in [2.75, 3.05) is 31.1 Å². The van der Waals surface area contributed by atoms with E-state index in [1.54, 1.807) is 4.90 Å². The number of anilines is 1. The van der Waals surface area contributed by atoms with Gasteiger partial charge >= 0.3 is 0 Å². The second-order valence-electron chi connectivity index (χ2n) is 5.95. The second-order valence-corrected chi connectivity index (χ2v) is 5.95. The standard InChI is InChI=1S/C18H18N4O/c19-13-21-11-16-17(12-21)23-9-8-22(16)18-7-6-15(10-20-18)14-4-2-1-3-5-14/h1-7,10,16-17H,8-9,11-12H2/t16-,17+/m1/s1. The monoisotopic (exact) mass is 306 g/mol. The first-order valence-electron chi connectivity index (χ1n) is 7.89. The normalized spacial score (nSPS) is 23.4. The number of nitrogens with zero attached hydrogens (tertiary/aromatic N) is 4. The molecule has 5 heteroatoms. The minimum Gasteiger partial charge on any atom is -0.372 e. The molecule has 2 aliphatic heterocycles. The SMILES string of the molecule is N#CN1C[C@@H]2OCCN(c3ccc(-c4ccccc4)cn3)[C@@H]2C1. The maximum atomic E-state index is 9.12. The third kappa shape index (κ3) is 2.62. The highest BCUT2D eigenvalue weighted by Gasteiger charge is 2.40. The van der Waals surface area contributed by atoms with Gasteiger partial charge in [-0.15, -0.1) is 0 Å². The molecule has 0 radical (unpaired) electrons. The van der Waals surface area contributed by atoms with Crippen molar-refractivity contribution in [2.45, 2.75) is 12.1 Å². The third-order valence-corrected chi connectivity index (χ3v) is 4.59. The van der Waals surface area contributed by atoms with E-state index in [0.29, 0.717) is 19.7 Å². The number of hydrogen-bond acceptors (Lipinski definition) is 5. The maximum Gasteiger partial charge on any atom is 0.179 e. The molecule has 2 aliphatic rings. The molecule has 0 unspecified atom stereocenters. The van der Waals surface area contributed by atoms with E-state index in [2.05, 4.69) is 40.3 Å². The van der Waals surface area contributed by atoms with Crippen molar-refractivity contribution in [2.24, 2.45) is 0 Å². The van der Waals surface area contributed by atoms with Crippen LogP contribution in [0.4, 0.5) is 5.82 Å². The molecule has 0 saturated carbocycles. The first-order chi connectivity index (χ1) is 11.3.